The number of hydrogen-bond donors (Lipinski definition) is 0. The number of nitrogens with zero attached hydrogens (tertiary/aromatic N) is 2. The molecule has 0 unspecified atom stereocenters. The standard InChI is InChI=1S/C15H19BrN2/c1-3-15(2)7-9-18(10-8-15)14-6-4-5-13(16)12(14)11-17/h4-6H,3,7-10H2,1-2H3. The lowest BCUT2D eigenvalue weighted by Gasteiger charge is -2.40. The van der Waals surface area contributed by atoms with E-state index < -0.39 is 0 Å². The zero-order valence-electron chi connectivity index (χ0n) is 11.0. The molecule has 0 spiro atoms. The van der Waals surface area contributed by atoms with Crippen molar-refractivity contribution in [1.29, 1.82) is 5.26 Å². The molecule has 3 heteroatoms. The highest BCUT2D eigenvalue weighted by Crippen LogP contribution is 2.37. The SMILES string of the molecule is CCC1(C)CCN(c2cccc(Br)c2C#N)CC1. The molecule has 1 aliphatic rings. The Morgan fingerprint density at radius 2 is 2.06 bits per heavy atom. The van der Waals surface area contributed by atoms with Gasteiger partial charge in [0.2, 0.25) is 0 Å². The predicted octanol–water partition coefficient (Wildman–Crippen LogP) is 4.34. The van der Waals surface area contributed by atoms with Gasteiger partial charge < -0.3 is 4.90 Å². The van der Waals surface area contributed by atoms with Crippen molar-refractivity contribution in [2.45, 2.75) is 33.1 Å². The third-order valence-electron chi connectivity index (χ3n) is 4.27. The average molecular weight is 307 g/mol. The molecule has 1 aromatic carbocycles. The van der Waals surface area contributed by atoms with Crippen LogP contribution in [0.15, 0.2) is 22.7 Å². The first-order chi connectivity index (χ1) is 8.59. The van der Waals surface area contributed by atoms with Crippen LogP contribution in [0.25, 0.3) is 0 Å². The normalized spacial score (nSPS) is 18.4. The maximum atomic E-state index is 9.27. The number of anilines is 1. The van der Waals surface area contributed by atoms with Crippen LogP contribution in [0.1, 0.15) is 38.7 Å². The Kier molecular flexibility index (Phi) is 3.97. The third kappa shape index (κ3) is 2.54. The summed E-state index contributed by atoms with van der Waals surface area (Å²) in [6, 6.07) is 8.30. The summed E-state index contributed by atoms with van der Waals surface area (Å²) < 4.78 is 0.895. The van der Waals surface area contributed by atoms with E-state index in [1.165, 1.54) is 19.3 Å². The highest BCUT2D eigenvalue weighted by Gasteiger charge is 2.29. The van der Waals surface area contributed by atoms with Gasteiger partial charge in [0.15, 0.2) is 0 Å². The van der Waals surface area contributed by atoms with Crippen molar-refractivity contribution in [3.8, 4) is 6.07 Å². The summed E-state index contributed by atoms with van der Waals surface area (Å²) in [5.41, 5.74) is 2.32. The van der Waals surface area contributed by atoms with E-state index in [0.29, 0.717) is 5.41 Å². The van der Waals surface area contributed by atoms with Gasteiger partial charge in [0.05, 0.1) is 11.3 Å². The lowest BCUT2D eigenvalue weighted by atomic mass is 9.78. The number of hydrogen-bond acceptors (Lipinski definition) is 2. The van der Waals surface area contributed by atoms with Crippen LogP contribution in [0.4, 0.5) is 5.69 Å². The fraction of sp³-hybridized carbons (Fsp3) is 0.533. The molecule has 0 aromatic heterocycles. The number of benzene rings is 1. The zero-order chi connectivity index (χ0) is 13.2. The molecule has 0 atom stereocenters. The second-order valence-corrected chi connectivity index (χ2v) is 6.25. The summed E-state index contributed by atoms with van der Waals surface area (Å²) in [4.78, 5) is 2.35. The van der Waals surface area contributed by atoms with Gasteiger partial charge in [0.25, 0.3) is 0 Å². The van der Waals surface area contributed by atoms with Crippen LogP contribution >= 0.6 is 15.9 Å². The van der Waals surface area contributed by atoms with E-state index in [9.17, 15) is 5.26 Å². The molecule has 2 rings (SSSR count). The van der Waals surface area contributed by atoms with Gasteiger partial charge >= 0.3 is 0 Å². The number of halogens is 1. The van der Waals surface area contributed by atoms with E-state index in [1.54, 1.807) is 0 Å². The smallest absolute Gasteiger partial charge is 0.103 e. The van der Waals surface area contributed by atoms with Crippen LogP contribution in [0.2, 0.25) is 0 Å². The predicted molar refractivity (Wildman–Crippen MR) is 78.7 cm³/mol. The van der Waals surface area contributed by atoms with Gasteiger partial charge in [-0.1, -0.05) is 26.3 Å². The monoisotopic (exact) mass is 306 g/mol. The molecule has 1 heterocycles. The van der Waals surface area contributed by atoms with E-state index in [1.807, 2.05) is 12.1 Å². The number of piperidine rings is 1. The fourth-order valence-electron chi connectivity index (χ4n) is 2.53. The van der Waals surface area contributed by atoms with Crippen LogP contribution in [0.3, 0.4) is 0 Å². The van der Waals surface area contributed by atoms with E-state index in [4.69, 9.17) is 0 Å². The zero-order valence-corrected chi connectivity index (χ0v) is 12.6. The van der Waals surface area contributed by atoms with Gasteiger partial charge in [-0.3, -0.25) is 0 Å². The molecular formula is C15H19BrN2. The van der Waals surface area contributed by atoms with Gasteiger partial charge in [-0.15, -0.1) is 0 Å². The minimum atomic E-state index is 0.481. The van der Waals surface area contributed by atoms with Gasteiger partial charge in [-0.05, 0) is 46.3 Å². The molecule has 2 nitrogen and oxygen atoms in total. The van der Waals surface area contributed by atoms with Crippen molar-refractivity contribution in [2.75, 3.05) is 18.0 Å². The summed E-state index contributed by atoms with van der Waals surface area (Å²) in [6.45, 7) is 6.75. The first kappa shape index (κ1) is 13.4. The summed E-state index contributed by atoms with van der Waals surface area (Å²) in [7, 11) is 0. The van der Waals surface area contributed by atoms with Crippen LogP contribution in [0.5, 0.6) is 0 Å². The van der Waals surface area contributed by atoms with E-state index in [-0.39, 0.29) is 0 Å². The van der Waals surface area contributed by atoms with E-state index in [2.05, 4.69) is 46.8 Å². The Bertz CT molecular complexity index is 468. The molecule has 1 aliphatic heterocycles. The van der Waals surface area contributed by atoms with Crippen LogP contribution in [0, 0.1) is 16.7 Å². The Balaban J connectivity index is 2.21. The van der Waals surface area contributed by atoms with Crippen LogP contribution in [-0.4, -0.2) is 13.1 Å². The first-order valence-electron chi connectivity index (χ1n) is 6.53. The summed E-state index contributed by atoms with van der Waals surface area (Å²) >= 11 is 3.46. The molecule has 0 amide bonds. The second-order valence-electron chi connectivity index (χ2n) is 5.40. The molecule has 0 N–H and O–H groups in total. The molecule has 0 radical (unpaired) electrons. The number of rotatable bonds is 2. The molecule has 1 aromatic rings. The molecule has 18 heavy (non-hydrogen) atoms. The lowest BCUT2D eigenvalue weighted by Crippen LogP contribution is -2.38. The topological polar surface area (TPSA) is 27.0 Å². The maximum absolute atomic E-state index is 9.27. The van der Waals surface area contributed by atoms with Crippen molar-refractivity contribution in [1.82, 2.24) is 0 Å². The highest BCUT2D eigenvalue weighted by molar-refractivity contribution is 9.10. The highest BCUT2D eigenvalue weighted by atomic mass is 79.9. The molecule has 1 fully saturated rings. The van der Waals surface area contributed by atoms with Gasteiger partial charge in [0, 0.05) is 17.6 Å². The molecule has 96 valence electrons. The Morgan fingerprint density at radius 3 is 2.61 bits per heavy atom. The summed E-state index contributed by atoms with van der Waals surface area (Å²) in [5, 5.41) is 9.27. The summed E-state index contributed by atoms with van der Waals surface area (Å²) in [5.74, 6) is 0. The van der Waals surface area contributed by atoms with Crippen LogP contribution in [-0.2, 0) is 0 Å². The molecule has 0 bridgehead atoms. The van der Waals surface area contributed by atoms with Crippen molar-refractivity contribution in [3.05, 3.63) is 28.2 Å². The minimum Gasteiger partial charge on any atom is -0.370 e. The van der Waals surface area contributed by atoms with Crippen molar-refractivity contribution >= 4 is 21.6 Å². The fourth-order valence-corrected chi connectivity index (χ4v) is 2.97. The molecule has 0 aliphatic carbocycles. The Labute approximate surface area is 118 Å². The van der Waals surface area contributed by atoms with Gasteiger partial charge in [-0.25, -0.2) is 0 Å². The minimum absolute atomic E-state index is 0.481. The third-order valence-corrected chi connectivity index (χ3v) is 4.93. The van der Waals surface area contributed by atoms with Crippen molar-refractivity contribution in [2.24, 2.45) is 5.41 Å². The van der Waals surface area contributed by atoms with Crippen LogP contribution < -0.4 is 4.90 Å². The van der Waals surface area contributed by atoms with E-state index in [0.717, 1.165) is 28.8 Å². The largest absolute Gasteiger partial charge is 0.370 e. The lowest BCUT2D eigenvalue weighted by molar-refractivity contribution is 0.238. The average Bonchev–Trinajstić information content (AvgIpc) is 2.39. The first-order valence-corrected chi connectivity index (χ1v) is 7.32. The molecule has 0 saturated carbocycles. The summed E-state index contributed by atoms with van der Waals surface area (Å²) in [6.07, 6.45) is 3.66. The van der Waals surface area contributed by atoms with Crippen molar-refractivity contribution < 1.29 is 0 Å². The Morgan fingerprint density at radius 1 is 1.39 bits per heavy atom. The van der Waals surface area contributed by atoms with Gasteiger partial charge in [-0.2, -0.15) is 5.26 Å². The maximum Gasteiger partial charge on any atom is 0.103 e. The second kappa shape index (κ2) is 5.32. The molecular weight excluding hydrogens is 288 g/mol. The molecule has 1 saturated heterocycles. The quantitative estimate of drug-likeness (QED) is 0.813. The van der Waals surface area contributed by atoms with Gasteiger partial charge in [0.1, 0.15) is 6.07 Å². The number of nitriles is 1. The van der Waals surface area contributed by atoms with Crippen molar-refractivity contribution in [3.63, 3.8) is 0 Å². The van der Waals surface area contributed by atoms with E-state index >= 15 is 0 Å². The Hall–Kier alpha value is -1.01.